The van der Waals surface area contributed by atoms with E-state index in [0.717, 1.165) is 50.4 Å². The number of likely N-dealkylation sites (tertiary alicyclic amines) is 1. The Hall–Kier alpha value is -2.59. The molecule has 1 aromatic heterocycles. The third-order valence-corrected chi connectivity index (χ3v) is 5.85. The van der Waals surface area contributed by atoms with E-state index in [0.29, 0.717) is 25.7 Å². The number of rotatable bonds is 6. The van der Waals surface area contributed by atoms with Crippen LogP contribution >= 0.6 is 0 Å². The molecule has 0 radical (unpaired) electrons. The first kappa shape index (κ1) is 22.6. The molecule has 7 nitrogen and oxygen atoms in total. The number of anilines is 2. The number of hydrogen-bond acceptors (Lipinski definition) is 7. The van der Waals surface area contributed by atoms with E-state index in [1.54, 1.807) is 12.3 Å². The normalized spacial score (nSPS) is 20.2. The van der Waals surface area contributed by atoms with Crippen molar-refractivity contribution in [3.63, 3.8) is 0 Å². The van der Waals surface area contributed by atoms with Crippen molar-refractivity contribution in [1.29, 1.82) is 0 Å². The van der Waals surface area contributed by atoms with Crippen molar-refractivity contribution >= 4 is 11.8 Å². The van der Waals surface area contributed by atoms with Gasteiger partial charge in [0.05, 0.1) is 13.2 Å². The van der Waals surface area contributed by atoms with Gasteiger partial charge in [0.15, 0.2) is 0 Å². The van der Waals surface area contributed by atoms with E-state index >= 15 is 0 Å². The minimum atomic E-state index is -4.69. The largest absolute Gasteiger partial charge is 0.573 e. The lowest BCUT2D eigenvalue weighted by atomic mass is 10.0. The Morgan fingerprint density at radius 3 is 2.78 bits per heavy atom. The van der Waals surface area contributed by atoms with Gasteiger partial charge in [-0.05, 0) is 43.1 Å². The summed E-state index contributed by atoms with van der Waals surface area (Å²) in [6, 6.07) is 8.38. The third kappa shape index (κ3) is 6.01. The Kier molecular flexibility index (Phi) is 7.00. The summed E-state index contributed by atoms with van der Waals surface area (Å²) in [4.78, 5) is 15.8. The van der Waals surface area contributed by atoms with Crippen LogP contribution in [0.4, 0.5) is 24.9 Å². The molecular formula is C22H28F3N5O2. The Balaban J connectivity index is 1.39. The minimum Gasteiger partial charge on any atom is -0.406 e. The second-order valence-corrected chi connectivity index (χ2v) is 8.15. The molecule has 2 fully saturated rings. The molecule has 1 unspecified atom stereocenters. The first-order valence-corrected chi connectivity index (χ1v) is 10.8. The summed E-state index contributed by atoms with van der Waals surface area (Å²) in [5.74, 6) is 1.40. The van der Waals surface area contributed by atoms with Crippen molar-refractivity contribution in [2.45, 2.75) is 31.8 Å². The van der Waals surface area contributed by atoms with Gasteiger partial charge in [-0.3, -0.25) is 4.90 Å². The highest BCUT2D eigenvalue weighted by Crippen LogP contribution is 2.26. The third-order valence-electron chi connectivity index (χ3n) is 5.85. The molecule has 0 N–H and O–H groups in total. The van der Waals surface area contributed by atoms with E-state index in [-0.39, 0.29) is 11.8 Å². The SMILES string of the molecule is CN(c1ccnc(N2CCOCC2)n1)C1CCCN(Cc2cccc(OC(F)(F)F)c2)C1. The number of piperidine rings is 1. The predicted octanol–water partition coefficient (Wildman–Crippen LogP) is 3.31. The van der Waals surface area contributed by atoms with Crippen molar-refractivity contribution in [3.8, 4) is 5.75 Å². The fourth-order valence-electron chi connectivity index (χ4n) is 4.23. The van der Waals surface area contributed by atoms with Crippen molar-refractivity contribution in [2.24, 2.45) is 0 Å². The number of hydrogen-bond donors (Lipinski definition) is 0. The number of morpholine rings is 1. The Labute approximate surface area is 185 Å². The molecule has 1 atom stereocenters. The average molecular weight is 451 g/mol. The molecule has 0 saturated carbocycles. The first-order chi connectivity index (χ1) is 15.4. The molecule has 2 saturated heterocycles. The Morgan fingerprint density at radius 1 is 1.19 bits per heavy atom. The molecule has 4 rings (SSSR count). The van der Waals surface area contributed by atoms with Crippen molar-refractivity contribution in [1.82, 2.24) is 14.9 Å². The molecule has 0 bridgehead atoms. The summed E-state index contributed by atoms with van der Waals surface area (Å²) in [7, 11) is 2.04. The van der Waals surface area contributed by atoms with Gasteiger partial charge >= 0.3 is 6.36 Å². The van der Waals surface area contributed by atoms with Gasteiger partial charge in [-0.1, -0.05) is 12.1 Å². The zero-order chi connectivity index (χ0) is 22.6. The number of halogens is 3. The monoisotopic (exact) mass is 451 g/mol. The van der Waals surface area contributed by atoms with Gasteiger partial charge in [-0.2, -0.15) is 4.98 Å². The highest BCUT2D eigenvalue weighted by Gasteiger charge is 2.31. The number of benzene rings is 1. The summed E-state index contributed by atoms with van der Waals surface area (Å²) < 4.78 is 47.0. The van der Waals surface area contributed by atoms with E-state index < -0.39 is 6.36 Å². The highest BCUT2D eigenvalue weighted by atomic mass is 19.4. The van der Waals surface area contributed by atoms with Crippen LogP contribution in [0.3, 0.4) is 0 Å². The number of ether oxygens (including phenoxy) is 2. The highest BCUT2D eigenvalue weighted by molar-refractivity contribution is 5.44. The maximum Gasteiger partial charge on any atom is 0.573 e. The molecule has 0 amide bonds. The summed E-state index contributed by atoms with van der Waals surface area (Å²) in [6.07, 6.45) is -0.859. The molecule has 32 heavy (non-hydrogen) atoms. The smallest absolute Gasteiger partial charge is 0.406 e. The fourth-order valence-corrected chi connectivity index (χ4v) is 4.23. The lowest BCUT2D eigenvalue weighted by Gasteiger charge is -2.38. The second kappa shape index (κ2) is 9.91. The summed E-state index contributed by atoms with van der Waals surface area (Å²) in [6.45, 7) is 5.19. The minimum absolute atomic E-state index is 0.183. The van der Waals surface area contributed by atoms with Gasteiger partial charge in [0.2, 0.25) is 5.95 Å². The van der Waals surface area contributed by atoms with Gasteiger partial charge in [-0.25, -0.2) is 4.98 Å². The molecule has 1 aromatic carbocycles. The maximum absolute atomic E-state index is 12.5. The zero-order valence-electron chi connectivity index (χ0n) is 18.1. The molecule has 2 aromatic rings. The fraction of sp³-hybridized carbons (Fsp3) is 0.545. The number of nitrogens with zero attached hydrogens (tertiary/aromatic N) is 5. The van der Waals surface area contributed by atoms with Gasteiger partial charge in [0, 0.05) is 45.5 Å². The Morgan fingerprint density at radius 2 is 2.00 bits per heavy atom. The predicted molar refractivity (Wildman–Crippen MR) is 115 cm³/mol. The molecular weight excluding hydrogens is 423 g/mol. The van der Waals surface area contributed by atoms with Crippen molar-refractivity contribution < 1.29 is 22.6 Å². The van der Waals surface area contributed by atoms with E-state index in [1.807, 2.05) is 19.2 Å². The van der Waals surface area contributed by atoms with Crippen LogP contribution in [0.2, 0.25) is 0 Å². The Bertz CT molecular complexity index is 892. The van der Waals surface area contributed by atoms with Crippen LogP contribution in [0.1, 0.15) is 18.4 Å². The van der Waals surface area contributed by atoms with Gasteiger partial charge < -0.3 is 19.3 Å². The van der Waals surface area contributed by atoms with E-state index in [1.165, 1.54) is 12.1 Å². The lowest BCUT2D eigenvalue weighted by molar-refractivity contribution is -0.274. The summed E-state index contributed by atoms with van der Waals surface area (Å²) in [5, 5.41) is 0. The first-order valence-electron chi connectivity index (χ1n) is 10.8. The van der Waals surface area contributed by atoms with Gasteiger partial charge in [0.1, 0.15) is 11.6 Å². The second-order valence-electron chi connectivity index (χ2n) is 8.15. The van der Waals surface area contributed by atoms with Crippen LogP contribution in [0, 0.1) is 0 Å². The quantitative estimate of drug-likeness (QED) is 0.668. The van der Waals surface area contributed by atoms with Crippen LogP contribution in [-0.2, 0) is 11.3 Å². The van der Waals surface area contributed by atoms with Crippen LogP contribution in [0.25, 0.3) is 0 Å². The topological polar surface area (TPSA) is 54.0 Å². The molecule has 10 heteroatoms. The van der Waals surface area contributed by atoms with Gasteiger partial charge in [0.25, 0.3) is 0 Å². The molecule has 3 heterocycles. The van der Waals surface area contributed by atoms with E-state index in [4.69, 9.17) is 9.72 Å². The van der Waals surface area contributed by atoms with E-state index in [9.17, 15) is 13.2 Å². The van der Waals surface area contributed by atoms with Crippen molar-refractivity contribution in [2.75, 3.05) is 56.2 Å². The number of alkyl halides is 3. The molecule has 2 aliphatic heterocycles. The summed E-state index contributed by atoms with van der Waals surface area (Å²) in [5.41, 5.74) is 0.798. The molecule has 2 aliphatic rings. The van der Waals surface area contributed by atoms with E-state index in [2.05, 4.69) is 24.4 Å². The number of aromatic nitrogens is 2. The number of likely N-dealkylation sites (N-methyl/N-ethyl adjacent to an activating group) is 1. The maximum atomic E-state index is 12.5. The summed E-state index contributed by atoms with van der Waals surface area (Å²) >= 11 is 0. The molecule has 0 spiro atoms. The average Bonchev–Trinajstić information content (AvgIpc) is 2.78. The van der Waals surface area contributed by atoms with Gasteiger partial charge in [-0.15, -0.1) is 13.2 Å². The van der Waals surface area contributed by atoms with Crippen LogP contribution < -0.4 is 14.5 Å². The molecule has 0 aliphatic carbocycles. The lowest BCUT2D eigenvalue weighted by Crippen LogP contribution is -2.46. The zero-order valence-corrected chi connectivity index (χ0v) is 18.1. The van der Waals surface area contributed by atoms with Crippen molar-refractivity contribution in [3.05, 3.63) is 42.1 Å². The van der Waals surface area contributed by atoms with Crippen LogP contribution in [0.5, 0.6) is 5.75 Å². The van der Waals surface area contributed by atoms with Crippen LogP contribution in [0.15, 0.2) is 36.5 Å². The van der Waals surface area contributed by atoms with Crippen LogP contribution in [-0.4, -0.2) is 73.7 Å². The molecule has 174 valence electrons. The standard InChI is InChI=1S/C22H28F3N5O2/c1-28(20-7-8-26-21(27-20)30-10-12-31-13-11-30)18-5-3-9-29(16-18)15-17-4-2-6-19(14-17)32-22(23,24)25/h2,4,6-8,14,18H,3,5,9-13,15-16H2,1H3.